The number of pyridine rings is 1. The first kappa shape index (κ1) is 17.8. The van der Waals surface area contributed by atoms with Crippen LogP contribution in [0, 0.1) is 0 Å². The summed E-state index contributed by atoms with van der Waals surface area (Å²) in [6, 6.07) is 6.70. The third-order valence-corrected chi connectivity index (χ3v) is 4.37. The Hall–Kier alpha value is -2.02. The van der Waals surface area contributed by atoms with Gasteiger partial charge in [0.1, 0.15) is 5.82 Å². The second kappa shape index (κ2) is 7.91. The summed E-state index contributed by atoms with van der Waals surface area (Å²) in [6.45, 7) is 3.00. The zero-order chi connectivity index (χ0) is 17.8. The molecule has 1 aliphatic heterocycles. The Balaban J connectivity index is 1.70. The van der Waals surface area contributed by atoms with Crippen molar-refractivity contribution in [2.24, 2.45) is 0 Å². The first-order valence-corrected chi connectivity index (χ1v) is 8.47. The van der Waals surface area contributed by atoms with E-state index in [4.69, 9.17) is 32.7 Å². The number of nitrogens with zero attached hydrogens (tertiary/aromatic N) is 2. The van der Waals surface area contributed by atoms with Gasteiger partial charge in [0, 0.05) is 18.7 Å². The minimum atomic E-state index is -0.327. The Kier molecular flexibility index (Phi) is 5.63. The number of aromatic nitrogens is 1. The summed E-state index contributed by atoms with van der Waals surface area (Å²) in [4.78, 5) is 18.9. The number of halogens is 2. The first-order valence-electron chi connectivity index (χ1n) is 7.71. The van der Waals surface area contributed by atoms with Gasteiger partial charge in [0.2, 0.25) is 0 Å². The van der Waals surface area contributed by atoms with Gasteiger partial charge in [0.25, 0.3) is 5.91 Å². The van der Waals surface area contributed by atoms with Gasteiger partial charge in [-0.3, -0.25) is 4.79 Å². The fraction of sp³-hybridized carbons (Fsp3) is 0.294. The molecule has 0 radical (unpaired) electrons. The van der Waals surface area contributed by atoms with Crippen LogP contribution < -0.4 is 15.0 Å². The highest BCUT2D eigenvalue weighted by atomic mass is 35.5. The Morgan fingerprint density at radius 2 is 1.92 bits per heavy atom. The minimum Gasteiger partial charge on any atom is -0.494 e. The number of ether oxygens (including phenoxy) is 2. The fourth-order valence-corrected chi connectivity index (χ4v) is 3.17. The van der Waals surface area contributed by atoms with Crippen molar-refractivity contribution in [3.8, 4) is 5.75 Å². The number of nitrogens with one attached hydrogen (secondary N) is 1. The van der Waals surface area contributed by atoms with Crippen molar-refractivity contribution >= 4 is 40.6 Å². The highest BCUT2D eigenvalue weighted by Crippen LogP contribution is 2.34. The van der Waals surface area contributed by atoms with Crippen LogP contribution in [0.25, 0.3) is 0 Å². The largest absolute Gasteiger partial charge is 0.494 e. The van der Waals surface area contributed by atoms with Gasteiger partial charge in [-0.25, -0.2) is 4.98 Å². The number of hydrogen-bond donors (Lipinski definition) is 1. The van der Waals surface area contributed by atoms with Crippen LogP contribution >= 0.6 is 23.2 Å². The maximum absolute atomic E-state index is 12.4. The van der Waals surface area contributed by atoms with Crippen molar-refractivity contribution in [3.63, 3.8) is 0 Å². The normalized spacial score (nSPS) is 14.3. The number of methoxy groups -OCH3 is 1. The average Bonchev–Trinajstić information content (AvgIpc) is 2.63. The van der Waals surface area contributed by atoms with Gasteiger partial charge in [-0.1, -0.05) is 23.2 Å². The van der Waals surface area contributed by atoms with Crippen LogP contribution in [-0.4, -0.2) is 44.3 Å². The number of rotatable bonds is 4. The van der Waals surface area contributed by atoms with Crippen LogP contribution in [0.5, 0.6) is 5.75 Å². The molecule has 1 aromatic heterocycles. The topological polar surface area (TPSA) is 63.7 Å². The van der Waals surface area contributed by atoms with E-state index in [1.165, 1.54) is 19.2 Å². The number of carbonyl (C=O) groups is 1. The molecule has 1 N–H and O–H groups in total. The lowest BCUT2D eigenvalue weighted by atomic mass is 10.2. The molecule has 25 heavy (non-hydrogen) atoms. The van der Waals surface area contributed by atoms with Gasteiger partial charge in [0.05, 0.1) is 42.3 Å². The van der Waals surface area contributed by atoms with Gasteiger partial charge >= 0.3 is 0 Å². The number of hydrogen-bond acceptors (Lipinski definition) is 5. The van der Waals surface area contributed by atoms with Crippen molar-refractivity contribution in [3.05, 3.63) is 46.1 Å². The van der Waals surface area contributed by atoms with Gasteiger partial charge in [-0.2, -0.15) is 0 Å². The van der Waals surface area contributed by atoms with Gasteiger partial charge < -0.3 is 19.7 Å². The molecule has 0 aliphatic carbocycles. The van der Waals surface area contributed by atoms with E-state index < -0.39 is 0 Å². The molecule has 132 valence electrons. The van der Waals surface area contributed by atoms with Crippen LogP contribution in [0.2, 0.25) is 10.0 Å². The van der Waals surface area contributed by atoms with E-state index in [0.29, 0.717) is 30.2 Å². The summed E-state index contributed by atoms with van der Waals surface area (Å²) >= 11 is 12.1. The van der Waals surface area contributed by atoms with Crippen molar-refractivity contribution in [1.82, 2.24) is 4.98 Å². The summed E-state index contributed by atoms with van der Waals surface area (Å²) in [5.74, 6) is 0.876. The monoisotopic (exact) mass is 381 g/mol. The summed E-state index contributed by atoms with van der Waals surface area (Å²) in [7, 11) is 1.47. The van der Waals surface area contributed by atoms with E-state index in [2.05, 4.69) is 15.2 Å². The van der Waals surface area contributed by atoms with Crippen LogP contribution in [0.1, 0.15) is 10.4 Å². The Morgan fingerprint density at radius 1 is 1.24 bits per heavy atom. The van der Waals surface area contributed by atoms with Crippen molar-refractivity contribution in [2.75, 3.05) is 43.6 Å². The van der Waals surface area contributed by atoms with E-state index in [0.717, 1.165) is 18.9 Å². The van der Waals surface area contributed by atoms with E-state index in [9.17, 15) is 4.79 Å². The predicted octanol–water partition coefficient (Wildman–Crippen LogP) is 3.49. The second-order valence-corrected chi connectivity index (χ2v) is 6.25. The molecule has 0 atom stereocenters. The maximum Gasteiger partial charge on any atom is 0.255 e. The lowest BCUT2D eigenvalue weighted by molar-refractivity contribution is 0.102. The van der Waals surface area contributed by atoms with Crippen LogP contribution in [-0.2, 0) is 4.74 Å². The zero-order valence-electron chi connectivity index (χ0n) is 13.6. The molecular formula is C17H17Cl2N3O3. The summed E-state index contributed by atoms with van der Waals surface area (Å²) in [5, 5.41) is 3.33. The van der Waals surface area contributed by atoms with Crippen LogP contribution in [0.15, 0.2) is 30.5 Å². The quantitative estimate of drug-likeness (QED) is 0.877. The predicted molar refractivity (Wildman–Crippen MR) is 98.2 cm³/mol. The molecule has 1 aromatic carbocycles. The summed E-state index contributed by atoms with van der Waals surface area (Å²) in [6.07, 6.45) is 1.62. The van der Waals surface area contributed by atoms with Crippen molar-refractivity contribution in [1.29, 1.82) is 0 Å². The van der Waals surface area contributed by atoms with E-state index in [1.54, 1.807) is 6.20 Å². The minimum absolute atomic E-state index is 0.279. The molecule has 1 aliphatic rings. The fourth-order valence-electron chi connectivity index (χ4n) is 2.53. The SMILES string of the molecule is COc1c(Cl)cc(C(=O)Nc2ccc(N3CCOCC3)nc2)cc1Cl. The van der Waals surface area contributed by atoms with Crippen molar-refractivity contribution < 1.29 is 14.3 Å². The Morgan fingerprint density at radius 3 is 2.48 bits per heavy atom. The number of amides is 1. The van der Waals surface area contributed by atoms with Crippen LogP contribution in [0.4, 0.5) is 11.5 Å². The van der Waals surface area contributed by atoms with E-state index in [1.807, 2.05) is 12.1 Å². The van der Waals surface area contributed by atoms with Crippen molar-refractivity contribution in [2.45, 2.75) is 0 Å². The first-order chi connectivity index (χ1) is 12.1. The molecule has 2 heterocycles. The molecule has 0 spiro atoms. The molecule has 1 amide bonds. The Labute approximate surface area is 155 Å². The summed E-state index contributed by atoms with van der Waals surface area (Å²) in [5.41, 5.74) is 0.929. The van der Waals surface area contributed by atoms with Crippen LogP contribution in [0.3, 0.4) is 0 Å². The van der Waals surface area contributed by atoms with E-state index in [-0.39, 0.29) is 16.0 Å². The lowest BCUT2D eigenvalue weighted by Crippen LogP contribution is -2.36. The third-order valence-electron chi connectivity index (χ3n) is 3.81. The molecule has 3 rings (SSSR count). The summed E-state index contributed by atoms with van der Waals surface area (Å²) < 4.78 is 10.4. The highest BCUT2D eigenvalue weighted by molar-refractivity contribution is 6.37. The van der Waals surface area contributed by atoms with E-state index >= 15 is 0 Å². The standard InChI is InChI=1S/C17H17Cl2N3O3/c1-24-16-13(18)8-11(9-14(16)19)17(23)21-12-2-3-15(20-10-12)22-4-6-25-7-5-22/h2-3,8-10H,4-7H2,1H3,(H,21,23). The number of benzene rings is 1. The molecule has 8 heteroatoms. The number of morpholine rings is 1. The molecule has 1 fully saturated rings. The molecule has 1 saturated heterocycles. The average molecular weight is 382 g/mol. The molecule has 6 nitrogen and oxygen atoms in total. The zero-order valence-corrected chi connectivity index (χ0v) is 15.1. The van der Waals surface area contributed by atoms with Gasteiger partial charge in [-0.15, -0.1) is 0 Å². The molecule has 2 aromatic rings. The molecule has 0 unspecified atom stereocenters. The Bertz CT molecular complexity index is 739. The molecular weight excluding hydrogens is 365 g/mol. The smallest absolute Gasteiger partial charge is 0.255 e. The maximum atomic E-state index is 12.4. The van der Waals surface area contributed by atoms with Gasteiger partial charge in [0.15, 0.2) is 5.75 Å². The number of carbonyl (C=O) groups excluding carboxylic acids is 1. The third kappa shape index (κ3) is 4.15. The second-order valence-electron chi connectivity index (χ2n) is 5.43. The highest BCUT2D eigenvalue weighted by Gasteiger charge is 2.15. The molecule has 0 saturated carbocycles. The molecule has 0 bridgehead atoms. The van der Waals surface area contributed by atoms with Gasteiger partial charge in [-0.05, 0) is 24.3 Å². The lowest BCUT2D eigenvalue weighted by Gasteiger charge is -2.27. The number of anilines is 2.